The molecular formula is C25H25N3O3S. The number of anilines is 1. The molecule has 0 unspecified atom stereocenters. The first-order chi connectivity index (χ1) is 15.2. The van der Waals surface area contributed by atoms with Crippen LogP contribution in [0.1, 0.15) is 41.4 Å². The van der Waals surface area contributed by atoms with Crippen LogP contribution in [0.5, 0.6) is 0 Å². The van der Waals surface area contributed by atoms with E-state index in [0.717, 1.165) is 27.7 Å². The summed E-state index contributed by atoms with van der Waals surface area (Å²) in [6, 6.07) is 22.1. The molecule has 1 amide bonds. The number of amides is 1. The summed E-state index contributed by atoms with van der Waals surface area (Å²) in [6.45, 7) is 4.64. The summed E-state index contributed by atoms with van der Waals surface area (Å²) >= 11 is 0. The van der Waals surface area contributed by atoms with Crippen LogP contribution in [0.15, 0.2) is 77.7 Å². The Morgan fingerprint density at radius 1 is 1.00 bits per heavy atom. The van der Waals surface area contributed by atoms with Crippen LogP contribution in [-0.2, 0) is 16.4 Å². The molecule has 0 aliphatic heterocycles. The Hall–Kier alpha value is -3.45. The number of hydrogen-bond donors (Lipinski definition) is 1. The first-order valence-electron chi connectivity index (χ1n) is 10.4. The Morgan fingerprint density at radius 3 is 2.41 bits per heavy atom. The zero-order valence-electron chi connectivity index (χ0n) is 18.2. The van der Waals surface area contributed by atoms with Gasteiger partial charge in [0, 0.05) is 17.3 Å². The van der Waals surface area contributed by atoms with E-state index in [1.165, 1.54) is 6.26 Å². The Bertz CT molecular complexity index is 1390. The van der Waals surface area contributed by atoms with E-state index in [9.17, 15) is 13.2 Å². The number of rotatable bonds is 6. The third kappa shape index (κ3) is 4.57. The van der Waals surface area contributed by atoms with E-state index in [-0.39, 0.29) is 10.8 Å². The molecule has 0 fully saturated rings. The maximum atomic E-state index is 13.1. The Balaban J connectivity index is 1.64. The SMILES string of the molecule is CC(C)c1cccc(NC(=O)c2nn(Cc3ccc(S(C)(=O)=O)cc3)c3ccccc23)c1. The Kier molecular flexibility index (Phi) is 5.84. The third-order valence-corrected chi connectivity index (χ3v) is 6.50. The van der Waals surface area contributed by atoms with Crippen LogP contribution < -0.4 is 5.32 Å². The summed E-state index contributed by atoms with van der Waals surface area (Å²) in [5, 5.41) is 8.32. The van der Waals surface area contributed by atoms with Gasteiger partial charge in [-0.15, -0.1) is 0 Å². The second-order valence-corrected chi connectivity index (χ2v) is 10.2. The summed E-state index contributed by atoms with van der Waals surface area (Å²) < 4.78 is 25.2. The summed E-state index contributed by atoms with van der Waals surface area (Å²) in [5.74, 6) is 0.0919. The number of nitrogens with zero attached hydrogens (tertiary/aromatic N) is 2. The highest BCUT2D eigenvalue weighted by Crippen LogP contribution is 2.23. The molecule has 4 rings (SSSR count). The number of sulfone groups is 1. The molecule has 0 spiro atoms. The maximum Gasteiger partial charge on any atom is 0.276 e. The van der Waals surface area contributed by atoms with Crippen LogP contribution >= 0.6 is 0 Å². The fourth-order valence-corrected chi connectivity index (χ4v) is 4.23. The third-order valence-electron chi connectivity index (χ3n) is 5.37. The van der Waals surface area contributed by atoms with Gasteiger partial charge in [-0.2, -0.15) is 5.10 Å². The number of para-hydroxylation sites is 1. The van der Waals surface area contributed by atoms with Gasteiger partial charge in [-0.25, -0.2) is 8.42 Å². The van der Waals surface area contributed by atoms with E-state index in [4.69, 9.17) is 0 Å². The predicted octanol–water partition coefficient (Wildman–Crippen LogP) is 4.86. The molecule has 32 heavy (non-hydrogen) atoms. The first-order valence-corrected chi connectivity index (χ1v) is 12.3. The molecule has 0 aliphatic carbocycles. The number of hydrogen-bond acceptors (Lipinski definition) is 4. The summed E-state index contributed by atoms with van der Waals surface area (Å²) in [4.78, 5) is 13.3. The van der Waals surface area contributed by atoms with Crippen molar-refractivity contribution in [2.45, 2.75) is 31.2 Å². The van der Waals surface area contributed by atoms with Crippen molar-refractivity contribution in [2.24, 2.45) is 0 Å². The lowest BCUT2D eigenvalue weighted by atomic mass is 10.0. The molecule has 1 aromatic heterocycles. The van der Waals surface area contributed by atoms with E-state index in [2.05, 4.69) is 24.3 Å². The summed E-state index contributed by atoms with van der Waals surface area (Å²) in [7, 11) is -3.25. The monoisotopic (exact) mass is 447 g/mol. The highest BCUT2D eigenvalue weighted by molar-refractivity contribution is 7.90. The van der Waals surface area contributed by atoms with Gasteiger partial charge < -0.3 is 5.32 Å². The molecule has 0 saturated heterocycles. The Morgan fingerprint density at radius 2 is 1.72 bits per heavy atom. The summed E-state index contributed by atoms with van der Waals surface area (Å²) in [5.41, 5.74) is 3.96. The molecule has 4 aromatic rings. The van der Waals surface area contributed by atoms with Crippen molar-refractivity contribution in [3.05, 3.63) is 89.6 Å². The van der Waals surface area contributed by atoms with Crippen LogP contribution in [0.3, 0.4) is 0 Å². The van der Waals surface area contributed by atoms with Crippen LogP contribution in [0.2, 0.25) is 0 Å². The fraction of sp³-hybridized carbons (Fsp3) is 0.200. The van der Waals surface area contributed by atoms with Gasteiger partial charge >= 0.3 is 0 Å². The molecule has 0 radical (unpaired) electrons. The number of carbonyl (C=O) groups is 1. The van der Waals surface area contributed by atoms with Crippen LogP contribution in [0, 0.1) is 0 Å². The second-order valence-electron chi connectivity index (χ2n) is 8.17. The van der Waals surface area contributed by atoms with Gasteiger partial charge in [0.1, 0.15) is 0 Å². The molecular weight excluding hydrogens is 422 g/mol. The van der Waals surface area contributed by atoms with Gasteiger partial charge in [-0.3, -0.25) is 9.48 Å². The highest BCUT2D eigenvalue weighted by Gasteiger charge is 2.18. The van der Waals surface area contributed by atoms with Crippen molar-refractivity contribution in [1.82, 2.24) is 9.78 Å². The van der Waals surface area contributed by atoms with Crippen molar-refractivity contribution < 1.29 is 13.2 Å². The number of nitrogens with one attached hydrogen (secondary N) is 1. The van der Waals surface area contributed by atoms with E-state index in [1.54, 1.807) is 28.9 Å². The van der Waals surface area contributed by atoms with Crippen LogP contribution in [0.25, 0.3) is 10.9 Å². The van der Waals surface area contributed by atoms with Gasteiger partial charge in [0.25, 0.3) is 5.91 Å². The van der Waals surface area contributed by atoms with Gasteiger partial charge in [0.15, 0.2) is 15.5 Å². The topological polar surface area (TPSA) is 81.1 Å². The highest BCUT2D eigenvalue weighted by atomic mass is 32.2. The van der Waals surface area contributed by atoms with E-state index >= 15 is 0 Å². The second kappa shape index (κ2) is 8.59. The normalized spacial score (nSPS) is 11.8. The Labute approximate surface area is 187 Å². The van der Waals surface area contributed by atoms with Crippen molar-refractivity contribution >= 4 is 32.3 Å². The molecule has 0 atom stereocenters. The molecule has 6 nitrogen and oxygen atoms in total. The molecule has 1 heterocycles. The molecule has 3 aromatic carbocycles. The predicted molar refractivity (Wildman–Crippen MR) is 127 cm³/mol. The summed E-state index contributed by atoms with van der Waals surface area (Å²) in [6.07, 6.45) is 1.19. The van der Waals surface area contributed by atoms with Gasteiger partial charge in [-0.05, 0) is 47.4 Å². The minimum Gasteiger partial charge on any atom is -0.321 e. The van der Waals surface area contributed by atoms with Crippen molar-refractivity contribution in [2.75, 3.05) is 11.6 Å². The molecule has 0 saturated carbocycles. The molecule has 1 N–H and O–H groups in total. The molecule has 164 valence electrons. The van der Waals surface area contributed by atoms with Crippen molar-refractivity contribution in [1.29, 1.82) is 0 Å². The zero-order chi connectivity index (χ0) is 22.9. The van der Waals surface area contributed by atoms with Crippen molar-refractivity contribution in [3.8, 4) is 0 Å². The van der Waals surface area contributed by atoms with E-state index in [0.29, 0.717) is 18.2 Å². The number of carbonyl (C=O) groups excluding carboxylic acids is 1. The van der Waals surface area contributed by atoms with Gasteiger partial charge in [0.05, 0.1) is 17.0 Å². The van der Waals surface area contributed by atoms with Crippen LogP contribution in [0.4, 0.5) is 5.69 Å². The lowest BCUT2D eigenvalue weighted by Gasteiger charge is -2.09. The lowest BCUT2D eigenvalue weighted by molar-refractivity contribution is 0.102. The van der Waals surface area contributed by atoms with Crippen LogP contribution in [-0.4, -0.2) is 30.4 Å². The van der Waals surface area contributed by atoms with E-state index < -0.39 is 9.84 Å². The van der Waals surface area contributed by atoms with Crippen molar-refractivity contribution in [3.63, 3.8) is 0 Å². The zero-order valence-corrected chi connectivity index (χ0v) is 19.1. The molecule has 0 bridgehead atoms. The fourth-order valence-electron chi connectivity index (χ4n) is 3.60. The van der Waals surface area contributed by atoms with Gasteiger partial charge in [0.2, 0.25) is 0 Å². The standard InChI is InChI=1S/C25H25N3O3S/c1-17(2)19-7-6-8-20(15-19)26-25(29)24-22-9-4-5-10-23(22)28(27-24)16-18-11-13-21(14-12-18)32(3,30)31/h4-15,17H,16H2,1-3H3,(H,26,29). The maximum absolute atomic E-state index is 13.1. The smallest absolute Gasteiger partial charge is 0.276 e. The average Bonchev–Trinajstić information content (AvgIpc) is 3.12. The molecule has 0 aliphatic rings. The lowest BCUT2D eigenvalue weighted by Crippen LogP contribution is -2.14. The number of aromatic nitrogens is 2. The quantitative estimate of drug-likeness (QED) is 0.457. The minimum atomic E-state index is -3.25. The number of fused-ring (bicyclic) bond motifs is 1. The number of benzene rings is 3. The average molecular weight is 448 g/mol. The van der Waals surface area contributed by atoms with E-state index in [1.807, 2.05) is 48.5 Å². The minimum absolute atomic E-state index is 0.270. The molecule has 7 heteroatoms. The largest absolute Gasteiger partial charge is 0.321 e. The first kappa shape index (κ1) is 21.8. The van der Waals surface area contributed by atoms with Gasteiger partial charge in [-0.1, -0.05) is 56.3 Å².